The summed E-state index contributed by atoms with van der Waals surface area (Å²) < 4.78 is 1.77. The molecule has 1 aliphatic heterocycles. The van der Waals surface area contributed by atoms with E-state index in [2.05, 4.69) is 28.3 Å². The first kappa shape index (κ1) is 25.5. The maximum absolute atomic E-state index is 13.6. The highest BCUT2D eigenvalue weighted by molar-refractivity contribution is 6.22. The molecular formula is C35H27N5O3. The second-order valence-corrected chi connectivity index (χ2v) is 11.9. The lowest BCUT2D eigenvalue weighted by molar-refractivity contribution is -0.118. The van der Waals surface area contributed by atoms with E-state index in [9.17, 15) is 14.7 Å². The summed E-state index contributed by atoms with van der Waals surface area (Å²) in [6.45, 7) is 3.68. The van der Waals surface area contributed by atoms with E-state index in [0.717, 1.165) is 44.7 Å². The molecule has 3 aromatic heterocycles. The molecule has 1 fully saturated rings. The van der Waals surface area contributed by atoms with E-state index >= 15 is 0 Å². The predicted molar refractivity (Wildman–Crippen MR) is 162 cm³/mol. The Morgan fingerprint density at radius 1 is 0.791 bits per heavy atom. The van der Waals surface area contributed by atoms with E-state index in [1.807, 2.05) is 61.7 Å². The van der Waals surface area contributed by atoms with Gasteiger partial charge >= 0.3 is 0 Å². The van der Waals surface area contributed by atoms with Gasteiger partial charge in [0.2, 0.25) is 0 Å². The van der Waals surface area contributed by atoms with Crippen molar-refractivity contribution >= 4 is 28.5 Å². The molecule has 1 aliphatic carbocycles. The lowest BCUT2D eigenvalue weighted by atomic mass is 9.61. The Kier molecular flexibility index (Phi) is 5.27. The molecule has 3 aromatic carbocycles. The van der Waals surface area contributed by atoms with Crippen molar-refractivity contribution in [2.24, 2.45) is 0 Å². The number of pyridine rings is 1. The van der Waals surface area contributed by atoms with E-state index in [0.29, 0.717) is 16.8 Å². The van der Waals surface area contributed by atoms with Gasteiger partial charge in [0.25, 0.3) is 11.8 Å². The van der Waals surface area contributed by atoms with E-state index in [-0.39, 0.29) is 24.7 Å². The number of hydrogen-bond acceptors (Lipinski definition) is 6. The Morgan fingerprint density at radius 3 is 2.09 bits per heavy atom. The van der Waals surface area contributed by atoms with Crippen LogP contribution in [-0.2, 0) is 5.54 Å². The van der Waals surface area contributed by atoms with Gasteiger partial charge in [0.1, 0.15) is 0 Å². The van der Waals surface area contributed by atoms with Crippen LogP contribution in [0.25, 0.3) is 39.1 Å². The van der Waals surface area contributed by atoms with Crippen molar-refractivity contribution in [3.05, 3.63) is 120 Å². The molecule has 0 spiro atoms. The van der Waals surface area contributed by atoms with E-state index in [1.165, 1.54) is 4.90 Å². The van der Waals surface area contributed by atoms with E-state index in [4.69, 9.17) is 4.98 Å². The smallest absolute Gasteiger partial charge is 0.262 e. The standard InChI is InChI=1S/C35H27N5O3/c1-21-16-29-36-18-24-17-28(22-8-4-3-5-9-22)30(37-31(24)40(29)38-21)23-12-14-25(15-13-23)35(19-34(2,43)20-35)39-32(41)26-10-6-7-11-27(26)33(39)42/h3-18,43H,19-20H2,1-2H3. The monoisotopic (exact) mass is 565 g/mol. The van der Waals surface area contributed by atoms with Gasteiger partial charge in [-0.3, -0.25) is 14.5 Å². The highest BCUT2D eigenvalue weighted by Gasteiger charge is 2.60. The summed E-state index contributed by atoms with van der Waals surface area (Å²) in [6.07, 6.45) is 2.35. The number of aromatic nitrogens is 4. The van der Waals surface area contributed by atoms with E-state index in [1.54, 1.807) is 35.7 Å². The summed E-state index contributed by atoms with van der Waals surface area (Å²) in [4.78, 5) is 38.2. The number of carbonyl (C=O) groups excluding carboxylic acids is 2. The highest BCUT2D eigenvalue weighted by atomic mass is 16.3. The van der Waals surface area contributed by atoms with Crippen LogP contribution in [0.2, 0.25) is 0 Å². The number of fused-ring (bicyclic) bond motifs is 4. The van der Waals surface area contributed by atoms with Crippen molar-refractivity contribution in [2.45, 2.75) is 37.8 Å². The minimum absolute atomic E-state index is 0.262. The zero-order chi connectivity index (χ0) is 29.5. The molecule has 43 heavy (non-hydrogen) atoms. The molecule has 0 bridgehead atoms. The van der Waals surface area contributed by atoms with Crippen LogP contribution in [0.5, 0.6) is 0 Å². The average Bonchev–Trinajstić information content (AvgIpc) is 3.52. The van der Waals surface area contributed by atoms with Gasteiger partial charge in [0.15, 0.2) is 11.3 Å². The van der Waals surface area contributed by atoms with Gasteiger partial charge in [0.05, 0.1) is 33.7 Å². The molecule has 1 saturated carbocycles. The first-order valence-electron chi connectivity index (χ1n) is 14.3. The third-order valence-electron chi connectivity index (χ3n) is 8.73. The van der Waals surface area contributed by atoms with Gasteiger partial charge in [-0.1, -0.05) is 66.7 Å². The zero-order valence-corrected chi connectivity index (χ0v) is 23.7. The summed E-state index contributed by atoms with van der Waals surface area (Å²) >= 11 is 0. The molecule has 210 valence electrons. The third-order valence-corrected chi connectivity index (χ3v) is 8.73. The lowest BCUT2D eigenvalue weighted by Gasteiger charge is -2.55. The number of benzene rings is 3. The number of rotatable bonds is 4. The lowest BCUT2D eigenvalue weighted by Crippen LogP contribution is -2.63. The van der Waals surface area contributed by atoms with Crippen LogP contribution in [0.4, 0.5) is 0 Å². The summed E-state index contributed by atoms with van der Waals surface area (Å²) in [5, 5.41) is 16.4. The van der Waals surface area contributed by atoms with Crippen LogP contribution >= 0.6 is 0 Å². The number of aliphatic hydroxyl groups is 1. The normalized spacial score (nSPS) is 21.4. The average molecular weight is 566 g/mol. The molecule has 8 rings (SSSR count). The van der Waals surface area contributed by atoms with Crippen LogP contribution in [0, 0.1) is 6.92 Å². The van der Waals surface area contributed by atoms with Gasteiger partial charge in [-0.25, -0.2) is 9.97 Å². The van der Waals surface area contributed by atoms with Crippen LogP contribution in [-0.4, -0.2) is 47.0 Å². The first-order valence-corrected chi connectivity index (χ1v) is 14.3. The number of hydrogen-bond donors (Lipinski definition) is 1. The fourth-order valence-corrected chi connectivity index (χ4v) is 6.93. The second-order valence-electron chi connectivity index (χ2n) is 11.9. The minimum Gasteiger partial charge on any atom is -0.390 e. The fourth-order valence-electron chi connectivity index (χ4n) is 6.93. The summed E-state index contributed by atoms with van der Waals surface area (Å²) in [6, 6.07) is 28.9. The van der Waals surface area contributed by atoms with Crippen molar-refractivity contribution in [3.8, 4) is 22.4 Å². The van der Waals surface area contributed by atoms with Crippen LogP contribution in [0.15, 0.2) is 97.2 Å². The fraction of sp³-hybridized carbons (Fsp3) is 0.171. The van der Waals surface area contributed by atoms with Crippen LogP contribution in [0.1, 0.15) is 51.7 Å². The summed E-state index contributed by atoms with van der Waals surface area (Å²) in [7, 11) is 0. The van der Waals surface area contributed by atoms with Crippen molar-refractivity contribution < 1.29 is 14.7 Å². The summed E-state index contributed by atoms with van der Waals surface area (Å²) in [5.74, 6) is -0.648. The molecule has 1 N–H and O–H groups in total. The molecule has 2 amide bonds. The molecule has 8 nitrogen and oxygen atoms in total. The Labute approximate surface area is 247 Å². The predicted octanol–water partition coefficient (Wildman–Crippen LogP) is 5.96. The SMILES string of the molecule is Cc1cc2ncc3cc(-c4ccccc4)c(-c4ccc(C5(N6C(=O)c7ccccc7C6=O)CC(C)(O)C5)cc4)nc3n2n1. The van der Waals surface area contributed by atoms with Gasteiger partial charge in [-0.05, 0) is 43.2 Å². The van der Waals surface area contributed by atoms with Gasteiger partial charge in [-0.15, -0.1) is 0 Å². The number of aryl methyl sites for hydroxylation is 1. The van der Waals surface area contributed by atoms with Crippen molar-refractivity contribution in [1.29, 1.82) is 0 Å². The third kappa shape index (κ3) is 3.76. The van der Waals surface area contributed by atoms with Crippen LogP contribution < -0.4 is 0 Å². The highest BCUT2D eigenvalue weighted by Crippen LogP contribution is 2.54. The van der Waals surface area contributed by atoms with Gasteiger partial charge < -0.3 is 5.11 Å². The molecule has 0 saturated heterocycles. The first-order chi connectivity index (χ1) is 20.7. The molecule has 0 atom stereocenters. The Bertz CT molecular complexity index is 2070. The largest absolute Gasteiger partial charge is 0.390 e. The molecule has 0 unspecified atom stereocenters. The molecule has 6 aromatic rings. The topological polar surface area (TPSA) is 101 Å². The number of imide groups is 1. The summed E-state index contributed by atoms with van der Waals surface area (Å²) in [5.41, 5.74) is 5.58. The number of nitrogens with zero attached hydrogens (tertiary/aromatic N) is 5. The Hall–Kier alpha value is -5.21. The number of amides is 2. The van der Waals surface area contributed by atoms with E-state index < -0.39 is 11.1 Å². The van der Waals surface area contributed by atoms with Crippen molar-refractivity contribution in [1.82, 2.24) is 24.5 Å². The molecule has 0 radical (unpaired) electrons. The van der Waals surface area contributed by atoms with Crippen molar-refractivity contribution in [3.63, 3.8) is 0 Å². The quantitative estimate of drug-likeness (QED) is 0.265. The molecular weight excluding hydrogens is 538 g/mol. The number of carbonyl (C=O) groups is 2. The Balaban J connectivity index is 1.27. The van der Waals surface area contributed by atoms with Gasteiger partial charge in [-0.2, -0.15) is 9.61 Å². The molecule has 2 aliphatic rings. The molecule has 4 heterocycles. The minimum atomic E-state index is -0.990. The second kappa shape index (κ2) is 8.89. The van der Waals surface area contributed by atoms with Crippen LogP contribution in [0.3, 0.4) is 0 Å². The van der Waals surface area contributed by atoms with Gasteiger partial charge in [0, 0.05) is 41.6 Å². The molecule has 8 heteroatoms. The zero-order valence-electron chi connectivity index (χ0n) is 23.7. The maximum Gasteiger partial charge on any atom is 0.262 e. The van der Waals surface area contributed by atoms with Crippen molar-refractivity contribution in [2.75, 3.05) is 0 Å². The maximum atomic E-state index is 13.6. The Morgan fingerprint density at radius 2 is 1.44 bits per heavy atom.